The maximum Gasteiger partial charge on any atom is 0.232 e. The van der Waals surface area contributed by atoms with E-state index in [4.69, 9.17) is 5.73 Å². The first-order chi connectivity index (χ1) is 9.12. The van der Waals surface area contributed by atoms with Gasteiger partial charge in [-0.25, -0.2) is 0 Å². The Labute approximate surface area is 114 Å². The van der Waals surface area contributed by atoms with Crippen molar-refractivity contribution in [1.29, 1.82) is 0 Å². The lowest BCUT2D eigenvalue weighted by Gasteiger charge is -2.37. The van der Waals surface area contributed by atoms with E-state index >= 15 is 0 Å². The second-order valence-electron chi connectivity index (χ2n) is 6.18. The Morgan fingerprint density at radius 3 is 2.74 bits per heavy atom. The molecule has 19 heavy (non-hydrogen) atoms. The standard InChI is InChI=1S/C16H22N2O/c1-16(9-4-5-10-16)15(19)18-11-8-13(17)12-6-2-3-7-14(12)18/h2-3,6-7,13H,4-5,8-11,17H2,1H3. The van der Waals surface area contributed by atoms with Gasteiger partial charge in [-0.05, 0) is 30.9 Å². The van der Waals surface area contributed by atoms with E-state index in [0.717, 1.165) is 37.1 Å². The number of carbonyl (C=O) groups excluding carboxylic acids is 1. The van der Waals surface area contributed by atoms with Crippen molar-refractivity contribution < 1.29 is 4.79 Å². The number of nitrogens with two attached hydrogens (primary N) is 1. The van der Waals surface area contributed by atoms with Gasteiger partial charge in [0.15, 0.2) is 0 Å². The van der Waals surface area contributed by atoms with E-state index in [1.165, 1.54) is 12.8 Å². The van der Waals surface area contributed by atoms with Crippen LogP contribution in [0, 0.1) is 5.41 Å². The van der Waals surface area contributed by atoms with Gasteiger partial charge in [0.2, 0.25) is 5.91 Å². The van der Waals surface area contributed by atoms with Gasteiger partial charge in [0, 0.05) is 23.7 Å². The third-order valence-electron chi connectivity index (χ3n) is 4.76. The molecule has 1 aromatic rings. The van der Waals surface area contributed by atoms with Gasteiger partial charge in [-0.15, -0.1) is 0 Å². The molecule has 1 aliphatic carbocycles. The lowest BCUT2D eigenvalue weighted by Crippen LogP contribution is -2.45. The second kappa shape index (κ2) is 4.64. The SMILES string of the molecule is CC1(C(=O)N2CCC(N)c3ccccc32)CCCC1. The van der Waals surface area contributed by atoms with Crippen molar-refractivity contribution in [1.82, 2.24) is 0 Å². The zero-order chi connectivity index (χ0) is 13.5. The number of para-hydroxylation sites is 1. The van der Waals surface area contributed by atoms with Gasteiger partial charge >= 0.3 is 0 Å². The highest BCUT2D eigenvalue weighted by molar-refractivity contribution is 5.98. The Kier molecular flexibility index (Phi) is 3.09. The highest BCUT2D eigenvalue weighted by Crippen LogP contribution is 2.42. The molecule has 1 aliphatic heterocycles. The fourth-order valence-corrected chi connectivity index (χ4v) is 3.50. The molecular weight excluding hydrogens is 236 g/mol. The summed E-state index contributed by atoms with van der Waals surface area (Å²) >= 11 is 0. The van der Waals surface area contributed by atoms with E-state index in [1.807, 2.05) is 23.1 Å². The number of anilines is 1. The minimum absolute atomic E-state index is 0.0663. The number of hydrogen-bond acceptors (Lipinski definition) is 2. The lowest BCUT2D eigenvalue weighted by atomic mass is 9.85. The predicted molar refractivity (Wildman–Crippen MR) is 76.9 cm³/mol. The van der Waals surface area contributed by atoms with Crippen LogP contribution in [0.15, 0.2) is 24.3 Å². The van der Waals surface area contributed by atoms with E-state index < -0.39 is 0 Å². The summed E-state index contributed by atoms with van der Waals surface area (Å²) in [6, 6.07) is 8.15. The quantitative estimate of drug-likeness (QED) is 0.841. The van der Waals surface area contributed by atoms with Gasteiger partial charge in [0.1, 0.15) is 0 Å². The Morgan fingerprint density at radius 1 is 1.32 bits per heavy atom. The number of benzene rings is 1. The minimum Gasteiger partial charge on any atom is -0.324 e. The summed E-state index contributed by atoms with van der Waals surface area (Å²) in [5.41, 5.74) is 8.14. The zero-order valence-electron chi connectivity index (χ0n) is 11.6. The van der Waals surface area contributed by atoms with Crippen LogP contribution < -0.4 is 10.6 Å². The summed E-state index contributed by atoms with van der Waals surface area (Å²) in [7, 11) is 0. The molecular formula is C16H22N2O. The number of hydrogen-bond donors (Lipinski definition) is 1. The summed E-state index contributed by atoms with van der Waals surface area (Å²) in [5.74, 6) is 0.296. The molecule has 1 fully saturated rings. The maximum absolute atomic E-state index is 12.9. The van der Waals surface area contributed by atoms with Gasteiger partial charge in [-0.3, -0.25) is 4.79 Å². The topological polar surface area (TPSA) is 46.3 Å². The third kappa shape index (κ3) is 2.06. The monoisotopic (exact) mass is 258 g/mol. The van der Waals surface area contributed by atoms with E-state index in [9.17, 15) is 4.79 Å². The number of carbonyl (C=O) groups is 1. The van der Waals surface area contributed by atoms with Crippen LogP contribution in [0.1, 0.15) is 50.6 Å². The first-order valence-electron chi connectivity index (χ1n) is 7.28. The largest absolute Gasteiger partial charge is 0.324 e. The van der Waals surface area contributed by atoms with E-state index in [1.54, 1.807) is 0 Å². The molecule has 1 saturated carbocycles. The van der Waals surface area contributed by atoms with Crippen LogP contribution in [0.2, 0.25) is 0 Å². The molecule has 3 nitrogen and oxygen atoms in total. The minimum atomic E-state index is -0.158. The van der Waals surface area contributed by atoms with Crippen LogP contribution in [0.5, 0.6) is 0 Å². The molecule has 0 bridgehead atoms. The van der Waals surface area contributed by atoms with E-state index in [-0.39, 0.29) is 11.5 Å². The zero-order valence-corrected chi connectivity index (χ0v) is 11.6. The maximum atomic E-state index is 12.9. The first kappa shape index (κ1) is 12.7. The Morgan fingerprint density at radius 2 is 2.00 bits per heavy atom. The van der Waals surface area contributed by atoms with Crippen LogP contribution in [0.25, 0.3) is 0 Å². The van der Waals surface area contributed by atoms with Crippen LogP contribution in [-0.2, 0) is 4.79 Å². The van der Waals surface area contributed by atoms with Gasteiger partial charge in [-0.2, -0.15) is 0 Å². The first-order valence-corrected chi connectivity index (χ1v) is 7.28. The highest BCUT2D eigenvalue weighted by Gasteiger charge is 2.41. The van der Waals surface area contributed by atoms with Crippen molar-refractivity contribution in [2.45, 2.75) is 45.1 Å². The molecule has 102 valence electrons. The molecule has 0 spiro atoms. The summed E-state index contributed by atoms with van der Waals surface area (Å²) in [4.78, 5) is 14.9. The molecule has 3 heteroatoms. The van der Waals surface area contributed by atoms with E-state index in [0.29, 0.717) is 5.91 Å². The van der Waals surface area contributed by atoms with Crippen molar-refractivity contribution in [3.05, 3.63) is 29.8 Å². The van der Waals surface area contributed by atoms with Crippen molar-refractivity contribution >= 4 is 11.6 Å². The highest BCUT2D eigenvalue weighted by atomic mass is 16.2. The number of nitrogens with zero attached hydrogens (tertiary/aromatic N) is 1. The number of fused-ring (bicyclic) bond motifs is 1. The van der Waals surface area contributed by atoms with E-state index in [2.05, 4.69) is 13.0 Å². The van der Waals surface area contributed by atoms with Gasteiger partial charge in [-0.1, -0.05) is 38.0 Å². The Balaban J connectivity index is 1.94. The average molecular weight is 258 g/mol. The summed E-state index contributed by atoms with van der Waals surface area (Å²) < 4.78 is 0. The molecule has 1 aromatic carbocycles. The summed E-state index contributed by atoms with van der Waals surface area (Å²) in [5, 5.41) is 0. The van der Waals surface area contributed by atoms with Gasteiger partial charge < -0.3 is 10.6 Å². The third-order valence-corrected chi connectivity index (χ3v) is 4.76. The Bertz CT molecular complexity index is 491. The average Bonchev–Trinajstić information content (AvgIpc) is 2.87. The van der Waals surface area contributed by atoms with Crippen LogP contribution in [-0.4, -0.2) is 12.5 Å². The van der Waals surface area contributed by atoms with Crippen molar-refractivity contribution in [2.75, 3.05) is 11.4 Å². The molecule has 0 radical (unpaired) electrons. The van der Waals surface area contributed by atoms with Crippen molar-refractivity contribution in [3.8, 4) is 0 Å². The molecule has 1 amide bonds. The number of amides is 1. The molecule has 1 heterocycles. The smallest absolute Gasteiger partial charge is 0.232 e. The van der Waals surface area contributed by atoms with Crippen LogP contribution >= 0.6 is 0 Å². The van der Waals surface area contributed by atoms with Crippen molar-refractivity contribution in [3.63, 3.8) is 0 Å². The fraction of sp³-hybridized carbons (Fsp3) is 0.562. The van der Waals surface area contributed by atoms with Crippen LogP contribution in [0.4, 0.5) is 5.69 Å². The Hall–Kier alpha value is -1.35. The molecule has 0 saturated heterocycles. The second-order valence-corrected chi connectivity index (χ2v) is 6.18. The molecule has 2 aliphatic rings. The molecule has 1 unspecified atom stereocenters. The van der Waals surface area contributed by atoms with Gasteiger partial charge in [0.05, 0.1) is 0 Å². The summed E-state index contributed by atoms with van der Waals surface area (Å²) in [6.07, 6.45) is 5.26. The predicted octanol–water partition coefficient (Wildman–Crippen LogP) is 3.00. The summed E-state index contributed by atoms with van der Waals surface area (Å²) in [6.45, 7) is 2.88. The normalized spacial score (nSPS) is 25.2. The molecule has 1 atom stereocenters. The molecule has 2 N–H and O–H groups in total. The van der Waals surface area contributed by atoms with Crippen molar-refractivity contribution in [2.24, 2.45) is 11.1 Å². The van der Waals surface area contributed by atoms with Gasteiger partial charge in [0.25, 0.3) is 0 Å². The lowest BCUT2D eigenvalue weighted by molar-refractivity contribution is -0.127. The molecule has 0 aromatic heterocycles. The number of rotatable bonds is 1. The molecule has 3 rings (SSSR count). The van der Waals surface area contributed by atoms with Crippen LogP contribution in [0.3, 0.4) is 0 Å². The fourth-order valence-electron chi connectivity index (χ4n) is 3.50.